The molecule has 0 radical (unpaired) electrons. The molecule has 1 aromatic heterocycles. The average molecular weight is 531 g/mol. The molecular weight excluding hydrogens is 488 g/mol. The van der Waals surface area contributed by atoms with Gasteiger partial charge < -0.3 is 26.1 Å². The Labute approximate surface area is 231 Å². The molecule has 39 heavy (non-hydrogen) atoms. The van der Waals surface area contributed by atoms with Crippen molar-refractivity contribution in [2.45, 2.75) is 52.0 Å². The molecule has 1 saturated heterocycles. The number of piperidine rings is 1. The van der Waals surface area contributed by atoms with Crippen LogP contribution in [0.15, 0.2) is 66.4 Å². The number of likely N-dealkylation sites (tertiary alicyclic amines) is 1. The molecule has 2 aromatic rings. The minimum atomic E-state index is -0.151. The largest absolute Gasteiger partial charge is 0.416 e. The van der Waals surface area contributed by atoms with Crippen molar-refractivity contribution in [3.63, 3.8) is 0 Å². The molecule has 4 rings (SSSR count). The molecule has 0 spiro atoms. The highest BCUT2D eigenvalue weighted by Crippen LogP contribution is 2.29. The van der Waals surface area contributed by atoms with E-state index in [-0.39, 0.29) is 17.3 Å². The minimum Gasteiger partial charge on any atom is -0.416 e. The summed E-state index contributed by atoms with van der Waals surface area (Å²) in [6.45, 7) is 9.02. The van der Waals surface area contributed by atoms with Crippen LogP contribution in [0.2, 0.25) is 0 Å². The van der Waals surface area contributed by atoms with Crippen LogP contribution in [0, 0.1) is 10.8 Å². The maximum atomic E-state index is 8.94. The molecule has 1 aliphatic heterocycles. The highest BCUT2D eigenvalue weighted by atomic mass is 16.6. The third-order valence-electron chi connectivity index (χ3n) is 7.40. The second-order valence-electron chi connectivity index (χ2n) is 11.4. The normalized spacial score (nSPS) is 18.9. The van der Waals surface area contributed by atoms with E-state index in [0.29, 0.717) is 29.6 Å². The monoisotopic (exact) mass is 530 g/mol. The molecule has 208 valence electrons. The van der Waals surface area contributed by atoms with Crippen molar-refractivity contribution in [1.82, 2.24) is 20.2 Å². The van der Waals surface area contributed by atoms with Gasteiger partial charge in [0.2, 0.25) is 0 Å². The number of allylic oxidation sites excluding steroid dienone is 2. The molecule has 1 unspecified atom stereocenters. The molecule has 0 bridgehead atoms. The number of nitrogens with one attached hydrogen (secondary N) is 3. The van der Waals surface area contributed by atoms with Crippen molar-refractivity contribution >= 4 is 17.3 Å². The molecule has 1 aromatic carbocycles. The van der Waals surface area contributed by atoms with Crippen molar-refractivity contribution in [2.75, 3.05) is 37.7 Å². The van der Waals surface area contributed by atoms with Gasteiger partial charge in [-0.25, -0.2) is 9.97 Å². The van der Waals surface area contributed by atoms with Gasteiger partial charge in [-0.05, 0) is 63.0 Å². The third kappa shape index (κ3) is 7.25. The summed E-state index contributed by atoms with van der Waals surface area (Å²) in [5.74, 6) is 7.58. The summed E-state index contributed by atoms with van der Waals surface area (Å²) in [5, 5.41) is 15.8. The Morgan fingerprint density at radius 3 is 2.51 bits per heavy atom. The molecule has 9 nitrogen and oxygen atoms in total. The minimum absolute atomic E-state index is 0.0104. The third-order valence-corrected chi connectivity index (χ3v) is 7.40. The SMILES string of the molecule is CN1CCC(c2ccc(C(=N)c3c(N)ncnc3NC3C=CC(NC/C=C(\ON)C(C)(C)C)=CC3)cc2)CC1. The number of nitrogens with two attached hydrogens (primary N) is 2. The Hall–Kier alpha value is -3.69. The lowest BCUT2D eigenvalue weighted by molar-refractivity contribution is 0.154. The van der Waals surface area contributed by atoms with Crippen LogP contribution in [0.4, 0.5) is 11.6 Å². The van der Waals surface area contributed by atoms with Crippen molar-refractivity contribution in [2.24, 2.45) is 11.3 Å². The highest BCUT2D eigenvalue weighted by molar-refractivity contribution is 6.16. The zero-order valence-corrected chi connectivity index (χ0v) is 23.5. The predicted molar refractivity (Wildman–Crippen MR) is 158 cm³/mol. The number of anilines is 2. The zero-order valence-electron chi connectivity index (χ0n) is 23.5. The smallest absolute Gasteiger partial charge is 0.141 e. The van der Waals surface area contributed by atoms with Crippen LogP contribution < -0.4 is 22.3 Å². The fourth-order valence-corrected chi connectivity index (χ4v) is 4.99. The Kier molecular flexibility index (Phi) is 9.04. The van der Waals surface area contributed by atoms with Gasteiger partial charge in [0.25, 0.3) is 0 Å². The van der Waals surface area contributed by atoms with Gasteiger partial charge >= 0.3 is 0 Å². The number of hydrogen-bond acceptors (Lipinski definition) is 9. The molecule has 0 amide bonds. The first-order valence-corrected chi connectivity index (χ1v) is 13.6. The van der Waals surface area contributed by atoms with E-state index < -0.39 is 0 Å². The van der Waals surface area contributed by atoms with Crippen LogP contribution in [0.5, 0.6) is 0 Å². The molecule has 7 N–H and O–H groups in total. The van der Waals surface area contributed by atoms with Crippen molar-refractivity contribution in [3.05, 3.63) is 83.0 Å². The summed E-state index contributed by atoms with van der Waals surface area (Å²) < 4.78 is 0. The summed E-state index contributed by atoms with van der Waals surface area (Å²) in [6.07, 6.45) is 12.7. The summed E-state index contributed by atoms with van der Waals surface area (Å²) in [7, 11) is 2.17. The number of nitrogen functional groups attached to an aromatic ring is 1. The van der Waals surface area contributed by atoms with Crippen LogP contribution in [0.25, 0.3) is 0 Å². The molecule has 1 aliphatic carbocycles. The summed E-state index contributed by atoms with van der Waals surface area (Å²) in [4.78, 5) is 16.0. The van der Waals surface area contributed by atoms with Gasteiger partial charge in [-0.15, -0.1) is 0 Å². The lowest BCUT2D eigenvalue weighted by Gasteiger charge is -2.29. The quantitative estimate of drug-likeness (QED) is 0.184. The topological polar surface area (TPSA) is 138 Å². The van der Waals surface area contributed by atoms with Crippen LogP contribution in [-0.2, 0) is 4.84 Å². The number of hydrogen-bond donors (Lipinski definition) is 5. The first kappa shape index (κ1) is 28.3. The lowest BCUT2D eigenvalue weighted by Crippen LogP contribution is -2.29. The highest BCUT2D eigenvalue weighted by Gasteiger charge is 2.22. The maximum Gasteiger partial charge on any atom is 0.141 e. The van der Waals surface area contributed by atoms with Gasteiger partial charge in [-0.3, -0.25) is 5.41 Å². The van der Waals surface area contributed by atoms with Crippen LogP contribution in [0.1, 0.15) is 62.6 Å². The van der Waals surface area contributed by atoms with Gasteiger partial charge in [0.1, 0.15) is 23.7 Å². The van der Waals surface area contributed by atoms with E-state index in [2.05, 4.69) is 77.6 Å². The number of aromatic nitrogens is 2. The van der Waals surface area contributed by atoms with Crippen LogP contribution >= 0.6 is 0 Å². The van der Waals surface area contributed by atoms with Gasteiger partial charge in [-0.1, -0.05) is 57.2 Å². The Morgan fingerprint density at radius 2 is 1.90 bits per heavy atom. The molecule has 1 atom stereocenters. The van der Waals surface area contributed by atoms with Gasteiger partial charge in [0, 0.05) is 29.3 Å². The van der Waals surface area contributed by atoms with E-state index in [4.69, 9.17) is 21.9 Å². The standard InChI is InChI=1S/C30H42N8O/c1-30(2,3)25(39-33)13-16-34-23-9-11-24(12-10-23)37-29-26(28(32)35-19-36-29)27(31)22-7-5-20(6-8-22)21-14-17-38(4)18-15-21/h5-11,13,19,21,24,31,34H,12,14-18,33H2,1-4H3,(H3,32,35,36,37)/b25-13-,31-27?. The lowest BCUT2D eigenvalue weighted by atomic mass is 9.88. The van der Waals surface area contributed by atoms with E-state index in [1.165, 1.54) is 11.9 Å². The van der Waals surface area contributed by atoms with E-state index in [0.717, 1.165) is 49.4 Å². The van der Waals surface area contributed by atoms with Crippen molar-refractivity contribution < 1.29 is 4.84 Å². The van der Waals surface area contributed by atoms with Crippen LogP contribution in [0.3, 0.4) is 0 Å². The van der Waals surface area contributed by atoms with Gasteiger partial charge in [0.05, 0.1) is 11.3 Å². The van der Waals surface area contributed by atoms with Crippen molar-refractivity contribution in [1.29, 1.82) is 5.41 Å². The fourth-order valence-electron chi connectivity index (χ4n) is 4.99. The molecule has 0 saturated carbocycles. The van der Waals surface area contributed by atoms with E-state index in [1.54, 1.807) is 0 Å². The van der Waals surface area contributed by atoms with E-state index >= 15 is 0 Å². The van der Waals surface area contributed by atoms with Gasteiger partial charge in [0.15, 0.2) is 0 Å². The predicted octanol–water partition coefficient (Wildman–Crippen LogP) is 4.32. The van der Waals surface area contributed by atoms with E-state index in [1.807, 2.05) is 24.3 Å². The zero-order chi connectivity index (χ0) is 28.0. The summed E-state index contributed by atoms with van der Waals surface area (Å²) in [6, 6.07) is 8.34. The first-order chi connectivity index (χ1) is 18.7. The summed E-state index contributed by atoms with van der Waals surface area (Å²) >= 11 is 0. The summed E-state index contributed by atoms with van der Waals surface area (Å²) in [5.41, 5.74) is 10.1. The first-order valence-electron chi connectivity index (χ1n) is 13.6. The second-order valence-corrected chi connectivity index (χ2v) is 11.4. The molecule has 2 heterocycles. The molecule has 9 heteroatoms. The molecule has 2 aliphatic rings. The molecular formula is C30H42N8O. The van der Waals surface area contributed by atoms with E-state index in [9.17, 15) is 0 Å². The number of rotatable bonds is 9. The average Bonchev–Trinajstić information content (AvgIpc) is 2.92. The Bertz CT molecular complexity index is 1230. The second kappa shape index (κ2) is 12.4. The van der Waals surface area contributed by atoms with Crippen LogP contribution in [-0.4, -0.2) is 53.3 Å². The maximum absolute atomic E-state index is 8.94. The molecule has 1 fully saturated rings. The number of nitrogens with zero attached hydrogens (tertiary/aromatic N) is 3. The Balaban J connectivity index is 1.40. The number of benzene rings is 1. The fraction of sp³-hybridized carbons (Fsp3) is 0.433. The Morgan fingerprint density at radius 1 is 1.18 bits per heavy atom. The van der Waals surface area contributed by atoms with Crippen molar-refractivity contribution in [3.8, 4) is 0 Å². The van der Waals surface area contributed by atoms with Gasteiger partial charge in [-0.2, -0.15) is 5.90 Å².